The highest BCUT2D eigenvalue weighted by molar-refractivity contribution is 7.89. The van der Waals surface area contributed by atoms with Crippen LogP contribution in [0.5, 0.6) is 0 Å². The van der Waals surface area contributed by atoms with Crippen LogP contribution in [-0.2, 0) is 10.0 Å². The normalized spacial score (nSPS) is 23.7. The SMILES string of the molecule is Cc1ccc(-c2ccc(C3[C@H]4CNC[C@@H]3N4S(=O)(=O)c3ccccc3F)cc2)cc1. The summed E-state index contributed by atoms with van der Waals surface area (Å²) in [4.78, 5) is -0.241. The molecule has 2 fully saturated rings. The molecule has 5 rings (SSSR count). The molecule has 3 aromatic rings. The van der Waals surface area contributed by atoms with Crippen LogP contribution >= 0.6 is 0 Å². The summed E-state index contributed by atoms with van der Waals surface area (Å²) in [6, 6.07) is 22.0. The van der Waals surface area contributed by atoms with Gasteiger partial charge in [-0.1, -0.05) is 66.2 Å². The molecule has 6 heteroatoms. The number of piperidine rings is 1. The molecule has 4 nitrogen and oxygen atoms in total. The smallest absolute Gasteiger partial charge is 0.246 e. The van der Waals surface area contributed by atoms with E-state index >= 15 is 0 Å². The van der Waals surface area contributed by atoms with Gasteiger partial charge in [-0.25, -0.2) is 12.8 Å². The lowest BCUT2D eigenvalue weighted by Gasteiger charge is -2.57. The van der Waals surface area contributed by atoms with Gasteiger partial charge in [0, 0.05) is 31.1 Å². The van der Waals surface area contributed by atoms with Crippen molar-refractivity contribution in [3.63, 3.8) is 0 Å². The Kier molecular flexibility index (Phi) is 4.73. The quantitative estimate of drug-likeness (QED) is 0.693. The number of hydrogen-bond donors (Lipinski definition) is 1. The van der Waals surface area contributed by atoms with Crippen LogP contribution in [0, 0.1) is 12.7 Å². The van der Waals surface area contributed by atoms with E-state index < -0.39 is 15.8 Å². The van der Waals surface area contributed by atoms with Gasteiger partial charge in [-0.05, 0) is 35.7 Å². The van der Waals surface area contributed by atoms with Gasteiger partial charge in [-0.15, -0.1) is 0 Å². The van der Waals surface area contributed by atoms with Crippen molar-refractivity contribution in [2.75, 3.05) is 13.1 Å². The van der Waals surface area contributed by atoms with Crippen LogP contribution < -0.4 is 5.32 Å². The van der Waals surface area contributed by atoms with Crippen molar-refractivity contribution in [3.05, 3.63) is 89.7 Å². The summed E-state index contributed by atoms with van der Waals surface area (Å²) >= 11 is 0. The molecule has 3 aromatic carbocycles. The Morgan fingerprint density at radius 1 is 0.867 bits per heavy atom. The fourth-order valence-electron chi connectivity index (χ4n) is 4.74. The van der Waals surface area contributed by atoms with Crippen molar-refractivity contribution in [1.29, 1.82) is 0 Å². The van der Waals surface area contributed by atoms with Gasteiger partial charge < -0.3 is 5.32 Å². The second-order valence-corrected chi connectivity index (χ2v) is 9.88. The van der Waals surface area contributed by atoms with E-state index in [0.29, 0.717) is 13.1 Å². The van der Waals surface area contributed by atoms with Gasteiger partial charge in [-0.2, -0.15) is 4.31 Å². The first kappa shape index (κ1) is 19.4. The third-order valence-electron chi connectivity index (χ3n) is 6.26. The number of nitrogens with zero attached hydrogens (tertiary/aromatic N) is 1. The van der Waals surface area contributed by atoms with Crippen molar-refractivity contribution in [1.82, 2.24) is 9.62 Å². The molecule has 30 heavy (non-hydrogen) atoms. The summed E-state index contributed by atoms with van der Waals surface area (Å²) in [7, 11) is -3.87. The maximum absolute atomic E-state index is 14.2. The molecule has 154 valence electrons. The number of sulfonamides is 1. The maximum atomic E-state index is 14.2. The topological polar surface area (TPSA) is 49.4 Å². The highest BCUT2D eigenvalue weighted by atomic mass is 32.2. The van der Waals surface area contributed by atoms with Crippen molar-refractivity contribution in [2.24, 2.45) is 0 Å². The largest absolute Gasteiger partial charge is 0.313 e. The number of piperazine rings is 1. The number of aryl methyl sites for hydroxylation is 1. The molecule has 2 aliphatic rings. The molecule has 0 spiro atoms. The molecule has 0 radical (unpaired) electrons. The average Bonchev–Trinajstić information content (AvgIpc) is 2.75. The number of benzene rings is 3. The molecule has 2 bridgehead atoms. The summed E-state index contributed by atoms with van der Waals surface area (Å²) in [5.41, 5.74) is 4.65. The third-order valence-corrected chi connectivity index (χ3v) is 8.25. The molecular formula is C24H23FN2O2S. The minimum atomic E-state index is -3.87. The standard InChI is InChI=1S/C24H23FN2O2S/c1-16-6-8-17(9-7-16)18-10-12-19(13-11-18)24-21-14-26-15-22(24)27(21)30(28,29)23-5-3-2-4-20(23)25/h2-13,21-22,24,26H,14-15H2,1H3/t21-,22+,24?. The Bertz CT molecular complexity index is 1160. The van der Waals surface area contributed by atoms with Crippen molar-refractivity contribution >= 4 is 10.0 Å². The number of rotatable bonds is 4. The zero-order valence-electron chi connectivity index (χ0n) is 16.6. The molecule has 2 aliphatic heterocycles. The molecule has 0 aliphatic carbocycles. The van der Waals surface area contributed by atoms with Crippen LogP contribution in [0.4, 0.5) is 4.39 Å². The number of halogens is 1. The Hall–Kier alpha value is -2.54. The predicted octanol–water partition coefficient (Wildman–Crippen LogP) is 3.93. The first-order valence-electron chi connectivity index (χ1n) is 10.1. The van der Waals surface area contributed by atoms with Crippen LogP contribution in [0.15, 0.2) is 77.7 Å². The first-order valence-corrected chi connectivity index (χ1v) is 11.6. The Balaban J connectivity index is 1.42. The van der Waals surface area contributed by atoms with E-state index in [2.05, 4.69) is 60.8 Å². The lowest BCUT2D eigenvalue weighted by molar-refractivity contribution is 0.0368. The Morgan fingerprint density at radius 3 is 2.03 bits per heavy atom. The van der Waals surface area contributed by atoms with E-state index in [0.717, 1.165) is 16.7 Å². The Morgan fingerprint density at radius 2 is 1.43 bits per heavy atom. The Labute approximate surface area is 176 Å². The second kappa shape index (κ2) is 7.30. The zero-order valence-corrected chi connectivity index (χ0v) is 17.4. The number of hydrogen-bond acceptors (Lipinski definition) is 3. The van der Waals surface area contributed by atoms with Gasteiger partial charge in [0.15, 0.2) is 0 Å². The molecule has 2 saturated heterocycles. The summed E-state index contributed by atoms with van der Waals surface area (Å²) in [5.74, 6) is -0.589. The predicted molar refractivity (Wildman–Crippen MR) is 115 cm³/mol. The molecule has 0 aromatic heterocycles. The van der Waals surface area contributed by atoms with Gasteiger partial charge in [0.2, 0.25) is 10.0 Å². The van der Waals surface area contributed by atoms with Crippen LogP contribution in [0.1, 0.15) is 17.0 Å². The minimum absolute atomic E-state index is 0.111. The van der Waals surface area contributed by atoms with E-state index in [4.69, 9.17) is 0 Å². The highest BCUT2D eigenvalue weighted by Crippen LogP contribution is 2.46. The third kappa shape index (κ3) is 3.07. The summed E-state index contributed by atoms with van der Waals surface area (Å²) in [6.45, 7) is 3.19. The summed E-state index contributed by atoms with van der Waals surface area (Å²) in [6.07, 6.45) is 0. The lowest BCUT2D eigenvalue weighted by atomic mass is 9.74. The molecule has 1 unspecified atom stereocenters. The van der Waals surface area contributed by atoms with Crippen LogP contribution in [0.3, 0.4) is 0 Å². The van der Waals surface area contributed by atoms with Crippen molar-refractivity contribution in [3.8, 4) is 11.1 Å². The van der Waals surface area contributed by atoms with Crippen LogP contribution in [-0.4, -0.2) is 37.9 Å². The van der Waals surface area contributed by atoms with E-state index in [9.17, 15) is 12.8 Å². The lowest BCUT2D eigenvalue weighted by Crippen LogP contribution is -2.73. The maximum Gasteiger partial charge on any atom is 0.246 e. The van der Waals surface area contributed by atoms with Gasteiger partial charge in [0.25, 0.3) is 0 Å². The molecule has 0 saturated carbocycles. The van der Waals surface area contributed by atoms with Gasteiger partial charge in [0.05, 0.1) is 0 Å². The van der Waals surface area contributed by atoms with Crippen LogP contribution in [0.25, 0.3) is 11.1 Å². The molecule has 2 heterocycles. The minimum Gasteiger partial charge on any atom is -0.313 e. The fourth-order valence-corrected chi connectivity index (χ4v) is 6.66. The summed E-state index contributed by atoms with van der Waals surface area (Å²) < 4.78 is 42.0. The monoisotopic (exact) mass is 422 g/mol. The van der Waals surface area contributed by atoms with Crippen molar-refractivity contribution < 1.29 is 12.8 Å². The second-order valence-electron chi connectivity index (χ2n) is 8.07. The van der Waals surface area contributed by atoms with E-state index in [1.165, 1.54) is 28.1 Å². The highest BCUT2D eigenvalue weighted by Gasteiger charge is 2.57. The average molecular weight is 423 g/mol. The van der Waals surface area contributed by atoms with Crippen LogP contribution in [0.2, 0.25) is 0 Å². The first-order chi connectivity index (χ1) is 14.5. The van der Waals surface area contributed by atoms with E-state index in [1.54, 1.807) is 6.07 Å². The molecular weight excluding hydrogens is 399 g/mol. The summed E-state index contributed by atoms with van der Waals surface area (Å²) in [5, 5.41) is 3.29. The molecule has 0 amide bonds. The van der Waals surface area contributed by atoms with Crippen molar-refractivity contribution in [2.45, 2.75) is 29.8 Å². The van der Waals surface area contributed by atoms with E-state index in [-0.39, 0.29) is 22.9 Å². The molecule has 1 N–H and O–H groups in total. The number of nitrogens with one attached hydrogen (secondary N) is 1. The molecule has 3 atom stereocenters. The fraction of sp³-hybridized carbons (Fsp3) is 0.250. The number of fused-ring (bicyclic) bond motifs is 2. The van der Waals surface area contributed by atoms with E-state index in [1.807, 2.05) is 0 Å². The van der Waals surface area contributed by atoms with Gasteiger partial charge >= 0.3 is 0 Å². The van der Waals surface area contributed by atoms with Gasteiger partial charge in [0.1, 0.15) is 10.7 Å². The van der Waals surface area contributed by atoms with Gasteiger partial charge in [-0.3, -0.25) is 0 Å². The zero-order chi connectivity index (χ0) is 20.9.